The maximum atomic E-state index is 3.74. The first-order chi connectivity index (χ1) is 2.94. The summed E-state index contributed by atoms with van der Waals surface area (Å²) in [5.41, 5.74) is 0.222. The van der Waals surface area contributed by atoms with E-state index in [9.17, 15) is 0 Å². The average molecular weight is 100 g/mol. The largest absolute Gasteiger partial charge is 0.300 e. The predicted octanol–water partition coefficient (Wildman–Crippen LogP) is 1.51. The first-order valence-electron chi connectivity index (χ1n) is 2.49. The summed E-state index contributed by atoms with van der Waals surface area (Å²) < 4.78 is 0. The van der Waals surface area contributed by atoms with E-state index in [1.165, 1.54) is 0 Å². The van der Waals surface area contributed by atoms with Crippen LogP contribution in [0, 0.1) is 7.05 Å². The Bertz CT molecular complexity index is 49.7. The molecule has 0 saturated carbocycles. The Morgan fingerprint density at radius 2 is 1.43 bits per heavy atom. The van der Waals surface area contributed by atoms with Gasteiger partial charge in [-0.3, -0.25) is 0 Å². The van der Waals surface area contributed by atoms with Crippen LogP contribution in [0.15, 0.2) is 0 Å². The summed E-state index contributed by atoms with van der Waals surface area (Å²) in [6.45, 7) is 6.38. The van der Waals surface area contributed by atoms with E-state index >= 15 is 0 Å². The molecule has 0 spiro atoms. The molecule has 0 rings (SSSR count). The normalized spacial score (nSPS) is 12.9. The molecular weight excluding hydrogens is 86.1 g/mol. The second-order valence-electron chi connectivity index (χ2n) is 2.87. The minimum absolute atomic E-state index is 0.222. The molecule has 0 aromatic rings. The van der Waals surface area contributed by atoms with Crippen molar-refractivity contribution in [2.24, 2.45) is 0 Å². The van der Waals surface area contributed by atoms with Gasteiger partial charge in [-0.25, -0.2) is 0 Å². The molecule has 0 unspecified atom stereocenters. The summed E-state index contributed by atoms with van der Waals surface area (Å²) in [6.07, 6.45) is 0. The molecule has 0 atom stereocenters. The molecule has 0 amide bonds. The van der Waals surface area contributed by atoms with Crippen LogP contribution in [0.1, 0.15) is 20.8 Å². The van der Waals surface area contributed by atoms with Gasteiger partial charge in [-0.2, -0.15) is 0 Å². The fraction of sp³-hybridized carbons (Fsp3) is 0.833. The molecule has 0 bridgehead atoms. The van der Waals surface area contributed by atoms with Gasteiger partial charge >= 0.3 is 0 Å². The van der Waals surface area contributed by atoms with Crippen LogP contribution in [0.25, 0.3) is 0 Å². The lowest BCUT2D eigenvalue weighted by atomic mass is 10.1. The van der Waals surface area contributed by atoms with Crippen molar-refractivity contribution in [3.63, 3.8) is 0 Å². The van der Waals surface area contributed by atoms with Gasteiger partial charge in [0.2, 0.25) is 0 Å². The van der Waals surface area contributed by atoms with Crippen LogP contribution >= 0.6 is 0 Å². The molecule has 0 aromatic carbocycles. The zero-order valence-corrected chi connectivity index (χ0v) is 5.65. The van der Waals surface area contributed by atoms with E-state index in [0.29, 0.717) is 0 Å². The minimum atomic E-state index is 0.222. The van der Waals surface area contributed by atoms with Gasteiger partial charge in [0.15, 0.2) is 0 Å². The van der Waals surface area contributed by atoms with Crippen LogP contribution in [0.2, 0.25) is 0 Å². The van der Waals surface area contributed by atoms with E-state index in [1.54, 1.807) is 0 Å². The van der Waals surface area contributed by atoms with Crippen LogP contribution in [0.3, 0.4) is 0 Å². The molecular formula is C6H14N. The molecule has 0 aliphatic heterocycles. The molecule has 0 heterocycles. The van der Waals surface area contributed by atoms with Crippen molar-refractivity contribution in [2.75, 3.05) is 7.05 Å². The number of nitrogens with zero attached hydrogens (tertiary/aromatic N) is 1. The van der Waals surface area contributed by atoms with E-state index in [4.69, 9.17) is 0 Å². The van der Waals surface area contributed by atoms with E-state index < -0.39 is 0 Å². The zero-order chi connectivity index (χ0) is 6.08. The van der Waals surface area contributed by atoms with Crippen LogP contribution in [0.5, 0.6) is 0 Å². The van der Waals surface area contributed by atoms with Crippen molar-refractivity contribution >= 4 is 0 Å². The molecule has 0 aromatic heterocycles. The van der Waals surface area contributed by atoms with Gasteiger partial charge in [-0.15, -0.1) is 0 Å². The summed E-state index contributed by atoms with van der Waals surface area (Å²) in [4.78, 5) is 1.94. The predicted molar refractivity (Wildman–Crippen MR) is 32.9 cm³/mol. The topological polar surface area (TPSA) is 3.24 Å². The number of hydrogen-bond donors (Lipinski definition) is 0. The Hall–Kier alpha value is -0.0400. The molecule has 43 valence electrons. The standard InChI is InChI=1S/C6H14N/c1-6(2,3)7(4)5/h4H2,1-3,5H3. The third-order valence-corrected chi connectivity index (χ3v) is 1.15. The summed E-state index contributed by atoms with van der Waals surface area (Å²) in [5, 5.41) is 0. The lowest BCUT2D eigenvalue weighted by molar-refractivity contribution is 0.245. The fourth-order valence-electron chi connectivity index (χ4n) is 0. The zero-order valence-electron chi connectivity index (χ0n) is 5.65. The second kappa shape index (κ2) is 1.83. The van der Waals surface area contributed by atoms with Gasteiger partial charge in [-0.05, 0) is 27.8 Å². The molecule has 1 heteroatoms. The quantitative estimate of drug-likeness (QED) is 0.446. The van der Waals surface area contributed by atoms with Crippen molar-refractivity contribution in [3.8, 4) is 0 Å². The molecule has 1 radical (unpaired) electrons. The lowest BCUT2D eigenvalue weighted by Gasteiger charge is -2.26. The van der Waals surface area contributed by atoms with Gasteiger partial charge in [0.25, 0.3) is 0 Å². The highest BCUT2D eigenvalue weighted by Gasteiger charge is 2.10. The van der Waals surface area contributed by atoms with Crippen molar-refractivity contribution in [1.29, 1.82) is 0 Å². The Morgan fingerprint density at radius 1 is 1.29 bits per heavy atom. The summed E-state index contributed by atoms with van der Waals surface area (Å²) in [5.74, 6) is 0. The molecule has 7 heavy (non-hydrogen) atoms. The Labute approximate surface area is 46.3 Å². The Morgan fingerprint density at radius 3 is 1.43 bits per heavy atom. The van der Waals surface area contributed by atoms with Crippen molar-refractivity contribution < 1.29 is 0 Å². The van der Waals surface area contributed by atoms with Crippen molar-refractivity contribution in [3.05, 3.63) is 7.05 Å². The van der Waals surface area contributed by atoms with Crippen LogP contribution in [-0.2, 0) is 0 Å². The van der Waals surface area contributed by atoms with E-state index in [2.05, 4.69) is 27.8 Å². The first kappa shape index (κ1) is 6.96. The highest BCUT2D eigenvalue weighted by Crippen LogP contribution is 2.06. The maximum Gasteiger partial charge on any atom is 0.0122 e. The van der Waals surface area contributed by atoms with Crippen LogP contribution in [0.4, 0.5) is 0 Å². The van der Waals surface area contributed by atoms with Crippen LogP contribution in [-0.4, -0.2) is 17.5 Å². The smallest absolute Gasteiger partial charge is 0.0122 e. The van der Waals surface area contributed by atoms with Crippen molar-refractivity contribution in [1.82, 2.24) is 4.90 Å². The van der Waals surface area contributed by atoms with E-state index in [0.717, 1.165) is 0 Å². The number of rotatable bonds is 0. The molecule has 0 N–H and O–H groups in total. The van der Waals surface area contributed by atoms with Gasteiger partial charge in [0.1, 0.15) is 0 Å². The summed E-state index contributed by atoms with van der Waals surface area (Å²) >= 11 is 0. The van der Waals surface area contributed by atoms with Gasteiger partial charge in [-0.1, -0.05) is 0 Å². The Kier molecular flexibility index (Phi) is 1.82. The molecule has 0 aliphatic rings. The van der Waals surface area contributed by atoms with Gasteiger partial charge in [0.05, 0.1) is 0 Å². The highest BCUT2D eigenvalue weighted by molar-refractivity contribution is 4.70. The van der Waals surface area contributed by atoms with Crippen LogP contribution < -0.4 is 0 Å². The average Bonchev–Trinajstić information content (AvgIpc) is 1.31. The third kappa shape index (κ3) is 2.63. The molecule has 0 fully saturated rings. The maximum absolute atomic E-state index is 3.74. The Balaban J connectivity index is 3.54. The molecule has 0 aliphatic carbocycles. The van der Waals surface area contributed by atoms with Crippen molar-refractivity contribution in [2.45, 2.75) is 26.3 Å². The fourth-order valence-corrected chi connectivity index (χ4v) is 0. The SMILES string of the molecule is [CH2]N(C)C(C)(C)C. The number of hydrogen-bond acceptors (Lipinski definition) is 1. The van der Waals surface area contributed by atoms with E-state index in [1.807, 2.05) is 11.9 Å². The third-order valence-electron chi connectivity index (χ3n) is 1.15. The van der Waals surface area contributed by atoms with Gasteiger partial charge in [0, 0.05) is 12.6 Å². The second-order valence-corrected chi connectivity index (χ2v) is 2.87. The summed E-state index contributed by atoms with van der Waals surface area (Å²) in [7, 11) is 5.72. The van der Waals surface area contributed by atoms with Gasteiger partial charge < -0.3 is 4.90 Å². The lowest BCUT2D eigenvalue weighted by Crippen LogP contribution is -2.32. The molecule has 1 nitrogen and oxygen atoms in total. The monoisotopic (exact) mass is 100 g/mol. The first-order valence-corrected chi connectivity index (χ1v) is 2.49. The molecule has 0 saturated heterocycles. The van der Waals surface area contributed by atoms with E-state index in [-0.39, 0.29) is 5.54 Å². The summed E-state index contributed by atoms with van der Waals surface area (Å²) in [6, 6.07) is 0. The minimum Gasteiger partial charge on any atom is -0.300 e. The highest BCUT2D eigenvalue weighted by atomic mass is 15.1.